The van der Waals surface area contributed by atoms with E-state index in [9.17, 15) is 0 Å². The molecule has 0 fully saturated rings. The maximum atomic E-state index is 2.38. The van der Waals surface area contributed by atoms with Gasteiger partial charge in [-0.25, -0.2) is 4.57 Å². The Morgan fingerprint density at radius 3 is 2.04 bits per heavy atom. The standard InChI is InChI=1S/C24H28N/c1-6-19-14-24(25(5)16-20(19)7-2)23-15-22(17(3)13-18(23)4)21-11-9-8-10-12-21/h8-16H,6-7H2,1-5H3/q+1. The van der Waals surface area contributed by atoms with Gasteiger partial charge < -0.3 is 0 Å². The Morgan fingerprint density at radius 1 is 0.760 bits per heavy atom. The maximum Gasteiger partial charge on any atom is 0.212 e. The first kappa shape index (κ1) is 17.4. The van der Waals surface area contributed by atoms with Crippen LogP contribution in [-0.2, 0) is 19.9 Å². The number of rotatable bonds is 4. The molecule has 25 heavy (non-hydrogen) atoms. The van der Waals surface area contributed by atoms with Gasteiger partial charge in [0.15, 0.2) is 6.20 Å². The Morgan fingerprint density at radius 2 is 1.40 bits per heavy atom. The van der Waals surface area contributed by atoms with E-state index in [0.29, 0.717) is 0 Å². The molecule has 0 aliphatic heterocycles. The lowest BCUT2D eigenvalue weighted by Crippen LogP contribution is -2.32. The summed E-state index contributed by atoms with van der Waals surface area (Å²) in [7, 11) is 2.16. The molecule has 1 heteroatoms. The van der Waals surface area contributed by atoms with Crippen LogP contribution in [0.5, 0.6) is 0 Å². The zero-order valence-electron chi connectivity index (χ0n) is 16.1. The molecule has 0 amide bonds. The van der Waals surface area contributed by atoms with E-state index in [1.807, 2.05) is 0 Å². The van der Waals surface area contributed by atoms with Gasteiger partial charge in [-0.2, -0.15) is 0 Å². The Bertz CT molecular complexity index is 892. The summed E-state index contributed by atoms with van der Waals surface area (Å²) in [6, 6.07) is 17.7. The number of pyridine rings is 1. The van der Waals surface area contributed by atoms with Crippen LogP contribution < -0.4 is 4.57 Å². The number of benzene rings is 2. The summed E-state index contributed by atoms with van der Waals surface area (Å²) in [4.78, 5) is 0. The summed E-state index contributed by atoms with van der Waals surface area (Å²) in [6.07, 6.45) is 4.46. The minimum absolute atomic E-state index is 1.08. The van der Waals surface area contributed by atoms with Crippen molar-refractivity contribution >= 4 is 0 Å². The van der Waals surface area contributed by atoms with Crippen LogP contribution in [0.2, 0.25) is 0 Å². The minimum Gasteiger partial charge on any atom is -0.201 e. The van der Waals surface area contributed by atoms with Crippen molar-refractivity contribution in [3.8, 4) is 22.4 Å². The van der Waals surface area contributed by atoms with Crippen molar-refractivity contribution in [2.24, 2.45) is 7.05 Å². The van der Waals surface area contributed by atoms with Crippen LogP contribution in [0.15, 0.2) is 54.7 Å². The molecule has 0 atom stereocenters. The van der Waals surface area contributed by atoms with Crippen molar-refractivity contribution in [2.75, 3.05) is 0 Å². The van der Waals surface area contributed by atoms with Crippen LogP contribution in [0.1, 0.15) is 36.1 Å². The van der Waals surface area contributed by atoms with E-state index in [0.717, 1.165) is 12.8 Å². The second-order valence-electron chi connectivity index (χ2n) is 6.88. The predicted molar refractivity (Wildman–Crippen MR) is 107 cm³/mol. The molecule has 0 saturated heterocycles. The zero-order valence-corrected chi connectivity index (χ0v) is 16.1. The molecule has 3 aromatic rings. The molecule has 0 aliphatic carbocycles. The highest BCUT2D eigenvalue weighted by molar-refractivity contribution is 5.75. The summed E-state index contributed by atoms with van der Waals surface area (Å²) >= 11 is 0. The summed E-state index contributed by atoms with van der Waals surface area (Å²) in [5.41, 5.74) is 10.8. The highest BCUT2D eigenvalue weighted by Crippen LogP contribution is 2.31. The second-order valence-corrected chi connectivity index (χ2v) is 6.88. The van der Waals surface area contributed by atoms with Gasteiger partial charge in [-0.05, 0) is 60.6 Å². The molecule has 0 bridgehead atoms. The lowest BCUT2D eigenvalue weighted by atomic mass is 9.92. The fraction of sp³-hybridized carbons (Fsp3) is 0.292. The van der Waals surface area contributed by atoms with E-state index in [1.165, 1.54) is 44.6 Å². The SMILES string of the molecule is CCc1cc(-c2cc(-c3ccccc3)c(C)cc2C)[n+](C)cc1CC. The molecule has 0 N–H and O–H groups in total. The highest BCUT2D eigenvalue weighted by Gasteiger charge is 2.18. The zero-order chi connectivity index (χ0) is 18.0. The molecule has 1 heterocycles. The van der Waals surface area contributed by atoms with E-state index in [2.05, 4.69) is 94.0 Å². The molecule has 0 saturated carbocycles. The van der Waals surface area contributed by atoms with Crippen molar-refractivity contribution in [3.05, 3.63) is 77.0 Å². The van der Waals surface area contributed by atoms with Gasteiger partial charge in [0, 0.05) is 17.2 Å². The first-order chi connectivity index (χ1) is 12.0. The largest absolute Gasteiger partial charge is 0.212 e. The monoisotopic (exact) mass is 330 g/mol. The third-order valence-corrected chi connectivity index (χ3v) is 5.15. The molecule has 0 spiro atoms. The topological polar surface area (TPSA) is 3.88 Å². The number of hydrogen-bond acceptors (Lipinski definition) is 0. The molecular weight excluding hydrogens is 302 g/mol. The van der Waals surface area contributed by atoms with E-state index in [1.54, 1.807) is 0 Å². The smallest absolute Gasteiger partial charge is 0.201 e. The van der Waals surface area contributed by atoms with Gasteiger partial charge >= 0.3 is 0 Å². The Balaban J connectivity index is 2.21. The van der Waals surface area contributed by atoms with E-state index in [-0.39, 0.29) is 0 Å². The van der Waals surface area contributed by atoms with Gasteiger partial charge in [0.05, 0.1) is 0 Å². The molecule has 0 aliphatic rings. The molecule has 1 nitrogen and oxygen atoms in total. The second kappa shape index (κ2) is 7.23. The third-order valence-electron chi connectivity index (χ3n) is 5.15. The number of hydrogen-bond donors (Lipinski definition) is 0. The van der Waals surface area contributed by atoms with Gasteiger partial charge in [0.1, 0.15) is 7.05 Å². The van der Waals surface area contributed by atoms with Crippen LogP contribution in [-0.4, -0.2) is 0 Å². The molecule has 3 rings (SSSR count). The molecule has 2 aromatic carbocycles. The van der Waals surface area contributed by atoms with Gasteiger partial charge in [0.2, 0.25) is 5.69 Å². The van der Waals surface area contributed by atoms with Crippen molar-refractivity contribution in [2.45, 2.75) is 40.5 Å². The van der Waals surface area contributed by atoms with Gasteiger partial charge in [-0.1, -0.05) is 50.2 Å². The number of aryl methyl sites for hydroxylation is 5. The highest BCUT2D eigenvalue weighted by atomic mass is 14.9. The summed E-state index contributed by atoms with van der Waals surface area (Å²) in [5, 5.41) is 0. The van der Waals surface area contributed by atoms with Gasteiger partial charge in [0.25, 0.3) is 0 Å². The summed E-state index contributed by atoms with van der Waals surface area (Å²) in [6.45, 7) is 8.90. The van der Waals surface area contributed by atoms with Gasteiger partial charge in [-0.3, -0.25) is 0 Å². The molecular formula is C24H28N+. The molecule has 0 radical (unpaired) electrons. The first-order valence-electron chi connectivity index (χ1n) is 9.23. The van der Waals surface area contributed by atoms with Crippen LogP contribution in [0.3, 0.4) is 0 Å². The fourth-order valence-corrected chi connectivity index (χ4v) is 3.72. The lowest BCUT2D eigenvalue weighted by Gasteiger charge is -2.13. The fourth-order valence-electron chi connectivity index (χ4n) is 3.72. The summed E-state index contributed by atoms with van der Waals surface area (Å²) in [5.74, 6) is 0. The predicted octanol–water partition coefficient (Wildman–Crippen LogP) is 5.59. The van der Waals surface area contributed by atoms with E-state index >= 15 is 0 Å². The van der Waals surface area contributed by atoms with Crippen LogP contribution in [0.25, 0.3) is 22.4 Å². The quantitative estimate of drug-likeness (QED) is 0.549. The number of aromatic nitrogens is 1. The van der Waals surface area contributed by atoms with Crippen molar-refractivity contribution in [3.63, 3.8) is 0 Å². The number of nitrogens with zero attached hydrogens (tertiary/aromatic N) is 1. The van der Waals surface area contributed by atoms with Crippen LogP contribution in [0, 0.1) is 13.8 Å². The third kappa shape index (κ3) is 3.37. The van der Waals surface area contributed by atoms with Crippen molar-refractivity contribution in [1.82, 2.24) is 0 Å². The molecule has 1 aromatic heterocycles. The van der Waals surface area contributed by atoms with E-state index < -0.39 is 0 Å². The first-order valence-corrected chi connectivity index (χ1v) is 9.23. The normalized spacial score (nSPS) is 10.9. The van der Waals surface area contributed by atoms with Crippen molar-refractivity contribution < 1.29 is 4.57 Å². The van der Waals surface area contributed by atoms with Crippen LogP contribution in [0.4, 0.5) is 0 Å². The molecule has 128 valence electrons. The van der Waals surface area contributed by atoms with Crippen LogP contribution >= 0.6 is 0 Å². The van der Waals surface area contributed by atoms with E-state index in [4.69, 9.17) is 0 Å². The Hall–Kier alpha value is -2.41. The van der Waals surface area contributed by atoms with Gasteiger partial charge in [-0.15, -0.1) is 0 Å². The Labute approximate surface area is 152 Å². The molecule has 0 unspecified atom stereocenters. The minimum atomic E-state index is 1.08. The average molecular weight is 330 g/mol. The Kier molecular flexibility index (Phi) is 5.03. The maximum absolute atomic E-state index is 2.38. The summed E-state index contributed by atoms with van der Waals surface area (Å²) < 4.78 is 2.28. The average Bonchev–Trinajstić information content (AvgIpc) is 2.62. The van der Waals surface area contributed by atoms with Crippen molar-refractivity contribution in [1.29, 1.82) is 0 Å². The lowest BCUT2D eigenvalue weighted by molar-refractivity contribution is -0.660.